The highest BCUT2D eigenvalue weighted by Crippen LogP contribution is 2.22. The number of aliphatic carboxylic acids is 1. The highest BCUT2D eigenvalue weighted by Gasteiger charge is 2.05. The summed E-state index contributed by atoms with van der Waals surface area (Å²) >= 11 is 9.33. The number of carboxylic acid groups (broad SMARTS) is 1. The molecule has 4 nitrogen and oxygen atoms in total. The van der Waals surface area contributed by atoms with E-state index in [-0.39, 0.29) is 12.3 Å². The standard InChI is InChI=1S/C14H17BrClNO3/c15-12-6-5-11(16)9-10(12)4-7-13(18)17-8-2-1-3-14(19)20/h5-6,9H,1-4,7-8H2,(H,17,18)(H,19,20). The zero-order chi connectivity index (χ0) is 15.0. The van der Waals surface area contributed by atoms with Gasteiger partial charge >= 0.3 is 5.97 Å². The number of amides is 1. The largest absolute Gasteiger partial charge is 0.481 e. The lowest BCUT2D eigenvalue weighted by molar-refractivity contribution is -0.137. The number of hydrogen-bond acceptors (Lipinski definition) is 2. The Morgan fingerprint density at radius 3 is 2.70 bits per heavy atom. The third-order valence-corrected chi connectivity index (χ3v) is 3.78. The van der Waals surface area contributed by atoms with Crippen molar-refractivity contribution >= 4 is 39.4 Å². The second-order valence-corrected chi connectivity index (χ2v) is 5.73. The van der Waals surface area contributed by atoms with Gasteiger partial charge in [0, 0.05) is 28.9 Å². The minimum absolute atomic E-state index is 0.0350. The molecule has 0 bridgehead atoms. The van der Waals surface area contributed by atoms with Crippen LogP contribution >= 0.6 is 27.5 Å². The van der Waals surface area contributed by atoms with Crippen LogP contribution in [0.15, 0.2) is 22.7 Å². The maximum atomic E-state index is 11.6. The van der Waals surface area contributed by atoms with Gasteiger partial charge in [0.2, 0.25) is 5.91 Å². The monoisotopic (exact) mass is 361 g/mol. The summed E-state index contributed by atoms with van der Waals surface area (Å²) in [5.74, 6) is -0.839. The number of hydrogen-bond donors (Lipinski definition) is 2. The lowest BCUT2D eigenvalue weighted by atomic mass is 10.1. The first-order valence-electron chi connectivity index (χ1n) is 6.41. The summed E-state index contributed by atoms with van der Waals surface area (Å²) in [5, 5.41) is 11.9. The molecule has 0 aliphatic heterocycles. The Labute approximate surface area is 131 Å². The van der Waals surface area contributed by atoms with Crippen molar-refractivity contribution in [2.75, 3.05) is 6.54 Å². The summed E-state index contributed by atoms with van der Waals surface area (Å²) in [6.07, 6.45) is 2.40. The highest BCUT2D eigenvalue weighted by atomic mass is 79.9. The molecule has 0 fully saturated rings. The normalized spacial score (nSPS) is 10.3. The van der Waals surface area contributed by atoms with Gasteiger partial charge < -0.3 is 10.4 Å². The molecule has 1 rings (SSSR count). The van der Waals surface area contributed by atoms with Crippen molar-refractivity contribution in [3.63, 3.8) is 0 Å². The van der Waals surface area contributed by atoms with Crippen LogP contribution in [0.25, 0.3) is 0 Å². The van der Waals surface area contributed by atoms with Gasteiger partial charge in [0.15, 0.2) is 0 Å². The first-order valence-corrected chi connectivity index (χ1v) is 7.58. The Bertz CT molecular complexity index is 479. The van der Waals surface area contributed by atoms with Crippen molar-refractivity contribution in [1.29, 1.82) is 0 Å². The Kier molecular flexibility index (Phi) is 7.62. The quantitative estimate of drug-likeness (QED) is 0.697. The number of halogens is 2. The van der Waals surface area contributed by atoms with Gasteiger partial charge in [-0.25, -0.2) is 0 Å². The lowest BCUT2D eigenvalue weighted by Crippen LogP contribution is -2.24. The van der Waals surface area contributed by atoms with Gasteiger partial charge in [-0.15, -0.1) is 0 Å². The summed E-state index contributed by atoms with van der Waals surface area (Å²) in [4.78, 5) is 21.9. The molecule has 0 saturated heterocycles. The van der Waals surface area contributed by atoms with E-state index in [1.165, 1.54) is 0 Å². The van der Waals surface area contributed by atoms with Gasteiger partial charge in [0.25, 0.3) is 0 Å². The first-order chi connectivity index (χ1) is 9.49. The number of nitrogens with one attached hydrogen (secondary N) is 1. The molecular weight excluding hydrogens is 346 g/mol. The molecule has 110 valence electrons. The Balaban J connectivity index is 2.23. The third-order valence-electron chi connectivity index (χ3n) is 2.77. The molecule has 2 N–H and O–H groups in total. The van der Waals surface area contributed by atoms with Crippen LogP contribution in [0, 0.1) is 0 Å². The number of carbonyl (C=O) groups is 2. The van der Waals surface area contributed by atoms with Crippen LogP contribution in [0.4, 0.5) is 0 Å². The van der Waals surface area contributed by atoms with Crippen LogP contribution < -0.4 is 5.32 Å². The molecule has 0 atom stereocenters. The zero-order valence-electron chi connectivity index (χ0n) is 11.0. The smallest absolute Gasteiger partial charge is 0.303 e. The number of carbonyl (C=O) groups excluding carboxylic acids is 1. The van der Waals surface area contributed by atoms with Gasteiger partial charge in [-0.1, -0.05) is 27.5 Å². The summed E-state index contributed by atoms with van der Waals surface area (Å²) in [7, 11) is 0. The molecule has 0 spiro atoms. The summed E-state index contributed by atoms with van der Waals surface area (Å²) in [5.41, 5.74) is 0.999. The average Bonchev–Trinajstić information content (AvgIpc) is 2.39. The second kappa shape index (κ2) is 8.97. The van der Waals surface area contributed by atoms with Crippen molar-refractivity contribution in [3.8, 4) is 0 Å². The topological polar surface area (TPSA) is 66.4 Å². The molecule has 20 heavy (non-hydrogen) atoms. The van der Waals surface area contributed by atoms with Gasteiger partial charge in [-0.3, -0.25) is 9.59 Å². The predicted molar refractivity (Wildman–Crippen MR) is 82.0 cm³/mol. The SMILES string of the molecule is O=C(O)CCCCNC(=O)CCc1cc(Cl)ccc1Br. The van der Waals surface area contributed by atoms with Crippen LogP contribution in [0.3, 0.4) is 0 Å². The fraction of sp³-hybridized carbons (Fsp3) is 0.429. The van der Waals surface area contributed by atoms with Gasteiger partial charge in [-0.05, 0) is 43.0 Å². The van der Waals surface area contributed by atoms with E-state index in [2.05, 4.69) is 21.2 Å². The van der Waals surface area contributed by atoms with Crippen LogP contribution in [0.2, 0.25) is 5.02 Å². The Hall–Kier alpha value is -1.07. The molecule has 0 heterocycles. The summed E-state index contributed by atoms with van der Waals surface area (Å²) in [6, 6.07) is 5.49. The Morgan fingerprint density at radius 2 is 2.00 bits per heavy atom. The molecule has 1 aromatic carbocycles. The zero-order valence-corrected chi connectivity index (χ0v) is 13.3. The Morgan fingerprint density at radius 1 is 1.25 bits per heavy atom. The van der Waals surface area contributed by atoms with E-state index in [0.29, 0.717) is 37.3 Å². The van der Waals surface area contributed by atoms with Crippen LogP contribution in [0.1, 0.15) is 31.2 Å². The van der Waals surface area contributed by atoms with Gasteiger partial charge in [0.05, 0.1) is 0 Å². The van der Waals surface area contributed by atoms with Crippen molar-refractivity contribution < 1.29 is 14.7 Å². The van der Waals surface area contributed by atoms with Crippen molar-refractivity contribution in [3.05, 3.63) is 33.3 Å². The molecule has 0 saturated carbocycles. The molecule has 0 aliphatic carbocycles. The van der Waals surface area contributed by atoms with Gasteiger partial charge in [-0.2, -0.15) is 0 Å². The van der Waals surface area contributed by atoms with Crippen LogP contribution in [0.5, 0.6) is 0 Å². The van der Waals surface area contributed by atoms with E-state index in [1.807, 2.05) is 12.1 Å². The van der Waals surface area contributed by atoms with Crippen molar-refractivity contribution in [1.82, 2.24) is 5.32 Å². The maximum absolute atomic E-state index is 11.6. The van der Waals surface area contributed by atoms with E-state index >= 15 is 0 Å². The number of unbranched alkanes of at least 4 members (excludes halogenated alkanes) is 1. The molecule has 0 radical (unpaired) electrons. The van der Waals surface area contributed by atoms with Crippen molar-refractivity contribution in [2.45, 2.75) is 32.1 Å². The van der Waals surface area contributed by atoms with E-state index in [9.17, 15) is 9.59 Å². The van der Waals surface area contributed by atoms with Gasteiger partial charge in [0.1, 0.15) is 0 Å². The minimum atomic E-state index is -0.804. The number of rotatable bonds is 8. The maximum Gasteiger partial charge on any atom is 0.303 e. The summed E-state index contributed by atoms with van der Waals surface area (Å²) in [6.45, 7) is 0.517. The minimum Gasteiger partial charge on any atom is -0.481 e. The molecular formula is C14H17BrClNO3. The highest BCUT2D eigenvalue weighted by molar-refractivity contribution is 9.10. The number of carboxylic acids is 1. The molecule has 6 heteroatoms. The number of benzene rings is 1. The fourth-order valence-electron chi connectivity index (χ4n) is 1.70. The third kappa shape index (κ3) is 6.91. The first kappa shape index (κ1) is 17.0. The second-order valence-electron chi connectivity index (χ2n) is 4.44. The van der Waals surface area contributed by atoms with E-state index in [1.54, 1.807) is 6.07 Å². The lowest BCUT2D eigenvalue weighted by Gasteiger charge is -2.06. The van der Waals surface area contributed by atoms with E-state index in [0.717, 1.165) is 10.0 Å². The number of aryl methyl sites for hydroxylation is 1. The summed E-state index contributed by atoms with van der Waals surface area (Å²) < 4.78 is 0.941. The molecule has 0 aromatic heterocycles. The van der Waals surface area contributed by atoms with E-state index < -0.39 is 5.97 Å². The molecule has 0 unspecified atom stereocenters. The molecule has 0 aliphatic rings. The van der Waals surface area contributed by atoms with Crippen molar-refractivity contribution in [2.24, 2.45) is 0 Å². The van der Waals surface area contributed by atoms with E-state index in [4.69, 9.17) is 16.7 Å². The van der Waals surface area contributed by atoms with Crippen LogP contribution in [-0.2, 0) is 16.0 Å². The fourth-order valence-corrected chi connectivity index (χ4v) is 2.34. The van der Waals surface area contributed by atoms with Crippen LogP contribution in [-0.4, -0.2) is 23.5 Å². The predicted octanol–water partition coefficient (Wildman–Crippen LogP) is 3.41. The molecule has 1 aromatic rings. The molecule has 1 amide bonds. The average molecular weight is 363 g/mol.